The van der Waals surface area contributed by atoms with E-state index in [1.165, 1.54) is 0 Å². The van der Waals surface area contributed by atoms with Crippen molar-refractivity contribution in [2.45, 2.75) is 26.3 Å². The smallest absolute Gasteiger partial charge is 0.112 e. The number of nitrogens with zero attached hydrogens (tertiary/aromatic N) is 3. The van der Waals surface area contributed by atoms with Crippen molar-refractivity contribution in [1.29, 1.82) is 0 Å². The van der Waals surface area contributed by atoms with Crippen LogP contribution in [-0.4, -0.2) is 14.5 Å². The standard InChI is InChI=1S/C12H16N4/c1-3-12-14-6-7-16(12)10-4-5-11(9(2)13)15-8-10/h4-9H,3,13H2,1-2H3. The molecule has 0 spiro atoms. The molecule has 16 heavy (non-hydrogen) atoms. The zero-order valence-electron chi connectivity index (χ0n) is 9.59. The lowest BCUT2D eigenvalue weighted by molar-refractivity contribution is 0.777. The predicted octanol–water partition coefficient (Wildman–Crippen LogP) is 1.85. The second kappa shape index (κ2) is 4.45. The summed E-state index contributed by atoms with van der Waals surface area (Å²) < 4.78 is 2.04. The van der Waals surface area contributed by atoms with E-state index in [9.17, 15) is 0 Å². The van der Waals surface area contributed by atoms with Gasteiger partial charge in [0.1, 0.15) is 5.82 Å². The van der Waals surface area contributed by atoms with Gasteiger partial charge in [-0.1, -0.05) is 6.92 Å². The molecule has 4 heteroatoms. The molecule has 0 radical (unpaired) electrons. The van der Waals surface area contributed by atoms with Gasteiger partial charge in [0.15, 0.2) is 0 Å². The van der Waals surface area contributed by atoms with Crippen LogP contribution in [0.25, 0.3) is 5.69 Å². The van der Waals surface area contributed by atoms with E-state index >= 15 is 0 Å². The molecule has 1 atom stereocenters. The number of imidazole rings is 1. The number of hydrogen-bond acceptors (Lipinski definition) is 3. The Kier molecular flexibility index (Phi) is 3.01. The summed E-state index contributed by atoms with van der Waals surface area (Å²) in [4.78, 5) is 8.62. The van der Waals surface area contributed by atoms with E-state index in [1.54, 1.807) is 6.20 Å². The SMILES string of the molecule is CCc1nccn1-c1ccc(C(C)N)nc1. The number of rotatable bonds is 3. The van der Waals surface area contributed by atoms with E-state index in [1.807, 2.05) is 36.0 Å². The Hall–Kier alpha value is -1.68. The maximum Gasteiger partial charge on any atom is 0.112 e. The zero-order valence-corrected chi connectivity index (χ0v) is 9.59. The Balaban J connectivity index is 2.35. The molecule has 2 aromatic rings. The highest BCUT2D eigenvalue weighted by molar-refractivity contribution is 5.31. The fraction of sp³-hybridized carbons (Fsp3) is 0.333. The van der Waals surface area contributed by atoms with Crippen molar-refractivity contribution in [3.8, 4) is 5.69 Å². The van der Waals surface area contributed by atoms with Gasteiger partial charge >= 0.3 is 0 Å². The van der Waals surface area contributed by atoms with Crippen LogP contribution in [-0.2, 0) is 6.42 Å². The summed E-state index contributed by atoms with van der Waals surface area (Å²) >= 11 is 0. The predicted molar refractivity (Wildman–Crippen MR) is 63.3 cm³/mol. The molecule has 0 aliphatic heterocycles. The molecule has 0 saturated heterocycles. The average Bonchev–Trinajstić information content (AvgIpc) is 2.77. The van der Waals surface area contributed by atoms with Crippen LogP contribution in [0.2, 0.25) is 0 Å². The van der Waals surface area contributed by atoms with Gasteiger partial charge in [-0.3, -0.25) is 4.98 Å². The molecule has 2 heterocycles. The van der Waals surface area contributed by atoms with Gasteiger partial charge < -0.3 is 10.3 Å². The summed E-state index contributed by atoms with van der Waals surface area (Å²) in [6.07, 6.45) is 6.49. The molecule has 2 rings (SSSR count). The number of pyridine rings is 1. The van der Waals surface area contributed by atoms with Gasteiger partial charge in [-0.25, -0.2) is 4.98 Å². The van der Waals surface area contributed by atoms with Gasteiger partial charge in [-0.15, -0.1) is 0 Å². The number of nitrogens with two attached hydrogens (primary N) is 1. The minimum atomic E-state index is -0.0255. The number of aromatic nitrogens is 3. The number of hydrogen-bond donors (Lipinski definition) is 1. The lowest BCUT2D eigenvalue weighted by Gasteiger charge is -2.08. The molecule has 0 aliphatic rings. The van der Waals surface area contributed by atoms with Crippen LogP contribution in [0.4, 0.5) is 0 Å². The molecule has 0 aliphatic carbocycles. The van der Waals surface area contributed by atoms with Crippen LogP contribution >= 0.6 is 0 Å². The molecule has 84 valence electrons. The second-order valence-electron chi connectivity index (χ2n) is 3.80. The molecule has 2 aromatic heterocycles. The highest BCUT2D eigenvalue weighted by Gasteiger charge is 2.04. The van der Waals surface area contributed by atoms with Gasteiger partial charge in [-0.05, 0) is 19.1 Å². The van der Waals surface area contributed by atoms with Crippen molar-refractivity contribution in [3.63, 3.8) is 0 Å². The molecule has 0 saturated carbocycles. The monoisotopic (exact) mass is 216 g/mol. The van der Waals surface area contributed by atoms with Crippen LogP contribution in [0.5, 0.6) is 0 Å². The van der Waals surface area contributed by atoms with E-state index in [0.29, 0.717) is 0 Å². The third-order valence-corrected chi connectivity index (χ3v) is 2.55. The lowest BCUT2D eigenvalue weighted by Crippen LogP contribution is -2.08. The van der Waals surface area contributed by atoms with Gasteiger partial charge in [0.2, 0.25) is 0 Å². The van der Waals surface area contributed by atoms with Gasteiger partial charge in [0, 0.05) is 24.9 Å². The van der Waals surface area contributed by atoms with E-state index in [-0.39, 0.29) is 6.04 Å². The van der Waals surface area contributed by atoms with E-state index < -0.39 is 0 Å². The lowest BCUT2D eigenvalue weighted by atomic mass is 10.2. The average molecular weight is 216 g/mol. The maximum absolute atomic E-state index is 5.76. The van der Waals surface area contributed by atoms with Crippen LogP contribution in [0, 0.1) is 0 Å². The topological polar surface area (TPSA) is 56.7 Å². The summed E-state index contributed by atoms with van der Waals surface area (Å²) in [6, 6.07) is 3.95. The number of aryl methyl sites for hydroxylation is 1. The first-order valence-corrected chi connectivity index (χ1v) is 5.46. The van der Waals surface area contributed by atoms with Crippen molar-refractivity contribution >= 4 is 0 Å². The molecule has 0 bridgehead atoms. The van der Waals surface area contributed by atoms with Crippen molar-refractivity contribution in [3.05, 3.63) is 42.2 Å². The Morgan fingerprint density at radius 1 is 1.38 bits per heavy atom. The first-order chi connectivity index (χ1) is 7.72. The van der Waals surface area contributed by atoms with Crippen LogP contribution in [0.15, 0.2) is 30.7 Å². The fourth-order valence-electron chi connectivity index (χ4n) is 1.64. The van der Waals surface area contributed by atoms with Gasteiger partial charge in [-0.2, -0.15) is 0 Å². The molecular weight excluding hydrogens is 200 g/mol. The van der Waals surface area contributed by atoms with Crippen molar-refractivity contribution in [2.24, 2.45) is 5.73 Å². The quantitative estimate of drug-likeness (QED) is 0.851. The minimum absolute atomic E-state index is 0.0255. The Labute approximate surface area is 95.1 Å². The summed E-state index contributed by atoms with van der Waals surface area (Å²) in [5.41, 5.74) is 7.69. The largest absolute Gasteiger partial charge is 0.323 e. The Bertz CT molecular complexity index is 456. The van der Waals surface area contributed by atoms with E-state index in [0.717, 1.165) is 23.6 Å². The van der Waals surface area contributed by atoms with Crippen molar-refractivity contribution in [2.75, 3.05) is 0 Å². The van der Waals surface area contributed by atoms with Crippen LogP contribution in [0.1, 0.15) is 31.4 Å². The second-order valence-corrected chi connectivity index (χ2v) is 3.80. The minimum Gasteiger partial charge on any atom is -0.323 e. The summed E-state index contributed by atoms with van der Waals surface area (Å²) in [5.74, 6) is 1.04. The zero-order chi connectivity index (χ0) is 11.5. The summed E-state index contributed by atoms with van der Waals surface area (Å²) in [7, 11) is 0. The fourth-order valence-corrected chi connectivity index (χ4v) is 1.64. The van der Waals surface area contributed by atoms with Gasteiger partial charge in [0.25, 0.3) is 0 Å². The molecule has 4 nitrogen and oxygen atoms in total. The summed E-state index contributed by atoms with van der Waals surface area (Å²) in [5, 5.41) is 0. The van der Waals surface area contributed by atoms with E-state index in [4.69, 9.17) is 5.73 Å². The maximum atomic E-state index is 5.76. The summed E-state index contributed by atoms with van der Waals surface area (Å²) in [6.45, 7) is 4.01. The molecule has 0 amide bonds. The third-order valence-electron chi connectivity index (χ3n) is 2.55. The Morgan fingerprint density at radius 2 is 2.19 bits per heavy atom. The molecule has 1 unspecified atom stereocenters. The molecular formula is C12H16N4. The van der Waals surface area contributed by atoms with Crippen molar-refractivity contribution in [1.82, 2.24) is 14.5 Å². The normalized spacial score (nSPS) is 12.7. The first-order valence-electron chi connectivity index (χ1n) is 5.46. The highest BCUT2D eigenvalue weighted by atomic mass is 15.1. The molecule has 0 fully saturated rings. The molecule has 2 N–H and O–H groups in total. The van der Waals surface area contributed by atoms with Gasteiger partial charge in [0.05, 0.1) is 17.6 Å². The third kappa shape index (κ3) is 1.97. The van der Waals surface area contributed by atoms with Crippen LogP contribution < -0.4 is 5.73 Å². The highest BCUT2D eigenvalue weighted by Crippen LogP contribution is 2.12. The van der Waals surface area contributed by atoms with E-state index in [2.05, 4.69) is 16.9 Å². The molecule has 0 aromatic carbocycles. The van der Waals surface area contributed by atoms with Crippen LogP contribution in [0.3, 0.4) is 0 Å². The first kappa shape index (κ1) is 10.8. The van der Waals surface area contributed by atoms with Crippen molar-refractivity contribution < 1.29 is 0 Å². The Morgan fingerprint density at radius 3 is 2.75 bits per heavy atom.